The van der Waals surface area contributed by atoms with E-state index in [1.165, 1.54) is 0 Å². The number of ketones is 3. The quantitative estimate of drug-likeness (QED) is 0.604. The molecule has 5 rings (SSSR count). The Morgan fingerprint density at radius 3 is 2.50 bits per heavy atom. The first-order valence-electron chi connectivity index (χ1n) is 12.6. The molecule has 0 heterocycles. The highest BCUT2D eigenvalue weighted by Crippen LogP contribution is 2.69. The first-order chi connectivity index (χ1) is 16.1. The lowest BCUT2D eigenvalue weighted by Crippen LogP contribution is -2.53. The predicted octanol–water partition coefficient (Wildman–Crippen LogP) is 5.31. The van der Waals surface area contributed by atoms with Gasteiger partial charge in [-0.05, 0) is 91.4 Å². The van der Waals surface area contributed by atoms with Gasteiger partial charge < -0.3 is 9.47 Å². The highest BCUT2D eigenvalue weighted by Gasteiger charge is 2.63. The van der Waals surface area contributed by atoms with E-state index >= 15 is 0 Å². The molecule has 3 saturated carbocycles. The molecule has 0 aromatic heterocycles. The van der Waals surface area contributed by atoms with Crippen LogP contribution in [0.4, 0.5) is 0 Å². The molecule has 4 aliphatic carbocycles. The zero-order chi connectivity index (χ0) is 24.4. The van der Waals surface area contributed by atoms with E-state index in [9.17, 15) is 14.4 Å². The van der Waals surface area contributed by atoms with Gasteiger partial charge in [0.25, 0.3) is 0 Å². The number of allylic oxidation sites excluding steroid dienone is 1. The lowest BCUT2D eigenvalue weighted by atomic mass is 9.46. The van der Waals surface area contributed by atoms with E-state index in [2.05, 4.69) is 13.8 Å². The predicted molar refractivity (Wildman–Crippen MR) is 129 cm³/mol. The van der Waals surface area contributed by atoms with E-state index in [1.807, 2.05) is 18.2 Å². The van der Waals surface area contributed by atoms with Crippen LogP contribution >= 0.6 is 0 Å². The molecule has 0 N–H and O–H groups in total. The Kier molecular flexibility index (Phi) is 5.53. The van der Waals surface area contributed by atoms with Gasteiger partial charge in [0.2, 0.25) is 0 Å². The highest BCUT2D eigenvalue weighted by atomic mass is 16.5. The van der Waals surface area contributed by atoms with E-state index in [4.69, 9.17) is 9.47 Å². The van der Waals surface area contributed by atoms with Crippen LogP contribution in [0.25, 0.3) is 0 Å². The average molecular weight is 465 g/mol. The van der Waals surface area contributed by atoms with Crippen molar-refractivity contribution in [1.82, 2.24) is 0 Å². The molecule has 34 heavy (non-hydrogen) atoms. The van der Waals surface area contributed by atoms with Crippen molar-refractivity contribution in [2.75, 3.05) is 14.2 Å². The Labute approximate surface area is 202 Å². The molecule has 0 saturated heterocycles. The van der Waals surface area contributed by atoms with Crippen LogP contribution in [0.3, 0.4) is 0 Å². The third-order valence-electron chi connectivity index (χ3n) is 10.1. The van der Waals surface area contributed by atoms with Crippen LogP contribution in [0.2, 0.25) is 0 Å². The van der Waals surface area contributed by atoms with Crippen molar-refractivity contribution in [1.29, 1.82) is 0 Å². The fourth-order valence-corrected chi connectivity index (χ4v) is 8.62. The Morgan fingerprint density at radius 2 is 1.82 bits per heavy atom. The number of ether oxygens (including phenoxy) is 2. The van der Waals surface area contributed by atoms with Crippen LogP contribution in [0.15, 0.2) is 29.8 Å². The summed E-state index contributed by atoms with van der Waals surface area (Å²) in [5.41, 5.74) is 1.41. The molecule has 0 aliphatic heterocycles. The zero-order valence-electron chi connectivity index (χ0n) is 21.0. The SMILES string of the molecule is COc1ccc(OC)c(C2CC3C4CC(=O)C5=CC(=O)CCC5(C)C4CCC3(C)C2C(C)=O)c1. The van der Waals surface area contributed by atoms with E-state index in [1.54, 1.807) is 27.2 Å². The maximum Gasteiger partial charge on any atom is 0.159 e. The molecule has 182 valence electrons. The molecule has 0 spiro atoms. The van der Waals surface area contributed by atoms with Crippen LogP contribution in [0.5, 0.6) is 11.5 Å². The van der Waals surface area contributed by atoms with Crippen molar-refractivity contribution in [2.24, 2.45) is 34.5 Å². The molecular weight excluding hydrogens is 428 g/mol. The number of benzene rings is 1. The number of hydrogen-bond acceptors (Lipinski definition) is 5. The van der Waals surface area contributed by atoms with Crippen molar-refractivity contribution in [2.45, 2.75) is 65.2 Å². The molecule has 1 aromatic rings. The molecule has 5 heteroatoms. The zero-order valence-corrected chi connectivity index (χ0v) is 21.0. The minimum Gasteiger partial charge on any atom is -0.497 e. The summed E-state index contributed by atoms with van der Waals surface area (Å²) in [6.07, 6.45) is 6.26. The number of fused-ring (bicyclic) bond motifs is 5. The number of carbonyl (C=O) groups is 3. The Morgan fingerprint density at radius 1 is 1.06 bits per heavy atom. The second kappa shape index (κ2) is 8.07. The van der Waals surface area contributed by atoms with Gasteiger partial charge in [-0.25, -0.2) is 0 Å². The van der Waals surface area contributed by atoms with Gasteiger partial charge in [0.1, 0.15) is 17.3 Å². The standard InChI is InChI=1S/C29H36O5/c1-16(30)27-20(19-13-18(33-4)6-7-26(19)34-5)14-23-21-15-25(32)24-12-17(31)8-10-28(24,2)22(21)9-11-29(23,27)3/h6-7,12-13,20-23,27H,8-11,14-15H2,1-5H3. The number of hydrogen-bond donors (Lipinski definition) is 0. The summed E-state index contributed by atoms with van der Waals surface area (Å²) in [4.78, 5) is 38.7. The van der Waals surface area contributed by atoms with E-state index in [-0.39, 0.29) is 51.9 Å². The van der Waals surface area contributed by atoms with Crippen LogP contribution < -0.4 is 9.47 Å². The van der Waals surface area contributed by atoms with E-state index < -0.39 is 0 Å². The van der Waals surface area contributed by atoms with Crippen molar-refractivity contribution < 1.29 is 23.9 Å². The molecule has 1 aromatic carbocycles. The van der Waals surface area contributed by atoms with Gasteiger partial charge in [-0.1, -0.05) is 13.8 Å². The van der Waals surface area contributed by atoms with Crippen LogP contribution in [0.1, 0.15) is 70.8 Å². The Bertz CT molecular complexity index is 1090. The van der Waals surface area contributed by atoms with Gasteiger partial charge in [-0.2, -0.15) is 0 Å². The molecular formula is C29H36O5. The molecule has 4 aliphatic rings. The number of rotatable bonds is 4. The maximum absolute atomic E-state index is 13.4. The second-order valence-electron chi connectivity index (χ2n) is 11.5. The molecule has 7 unspecified atom stereocenters. The van der Waals surface area contributed by atoms with Crippen molar-refractivity contribution in [3.05, 3.63) is 35.4 Å². The molecule has 7 atom stereocenters. The van der Waals surface area contributed by atoms with Crippen LogP contribution in [0, 0.1) is 34.5 Å². The third-order valence-corrected chi connectivity index (χ3v) is 10.1. The Balaban J connectivity index is 1.58. The number of Topliss-reactive ketones (excluding diaryl/α,β-unsaturated/α-hetero) is 2. The number of methoxy groups -OCH3 is 2. The topological polar surface area (TPSA) is 69.7 Å². The van der Waals surface area contributed by atoms with Gasteiger partial charge in [-0.3, -0.25) is 14.4 Å². The van der Waals surface area contributed by atoms with Crippen molar-refractivity contribution >= 4 is 17.3 Å². The molecule has 5 nitrogen and oxygen atoms in total. The Hall–Kier alpha value is -2.43. The minimum atomic E-state index is -0.229. The smallest absolute Gasteiger partial charge is 0.159 e. The summed E-state index contributed by atoms with van der Waals surface area (Å²) in [7, 11) is 3.33. The van der Waals surface area contributed by atoms with E-state index in [0.717, 1.165) is 48.3 Å². The van der Waals surface area contributed by atoms with Crippen LogP contribution in [-0.4, -0.2) is 31.6 Å². The average Bonchev–Trinajstić information content (AvgIpc) is 3.13. The molecule has 0 bridgehead atoms. The fraction of sp³-hybridized carbons (Fsp3) is 0.621. The molecule has 0 amide bonds. The van der Waals surface area contributed by atoms with E-state index in [0.29, 0.717) is 18.8 Å². The number of carbonyl (C=O) groups excluding carboxylic acids is 3. The monoisotopic (exact) mass is 464 g/mol. The van der Waals surface area contributed by atoms with Crippen LogP contribution in [-0.2, 0) is 14.4 Å². The summed E-state index contributed by atoms with van der Waals surface area (Å²) in [5.74, 6) is 2.81. The van der Waals surface area contributed by atoms with Gasteiger partial charge in [-0.15, -0.1) is 0 Å². The minimum absolute atomic E-state index is 0.0316. The summed E-state index contributed by atoms with van der Waals surface area (Å²) >= 11 is 0. The lowest BCUT2D eigenvalue weighted by molar-refractivity contribution is -0.134. The second-order valence-corrected chi connectivity index (χ2v) is 11.5. The molecule has 3 fully saturated rings. The van der Waals surface area contributed by atoms with Crippen molar-refractivity contribution in [3.8, 4) is 11.5 Å². The highest BCUT2D eigenvalue weighted by molar-refractivity contribution is 6.05. The summed E-state index contributed by atoms with van der Waals surface area (Å²) in [5, 5.41) is 0. The van der Waals surface area contributed by atoms with Gasteiger partial charge in [0, 0.05) is 29.9 Å². The lowest BCUT2D eigenvalue weighted by Gasteiger charge is -2.57. The summed E-state index contributed by atoms with van der Waals surface area (Å²) < 4.78 is 11.2. The largest absolute Gasteiger partial charge is 0.497 e. The van der Waals surface area contributed by atoms with Gasteiger partial charge in [0.15, 0.2) is 11.6 Å². The molecule has 0 radical (unpaired) electrons. The fourth-order valence-electron chi connectivity index (χ4n) is 8.62. The summed E-state index contributed by atoms with van der Waals surface area (Å²) in [6, 6.07) is 5.85. The van der Waals surface area contributed by atoms with Gasteiger partial charge >= 0.3 is 0 Å². The first-order valence-corrected chi connectivity index (χ1v) is 12.6. The van der Waals surface area contributed by atoms with Crippen molar-refractivity contribution in [3.63, 3.8) is 0 Å². The maximum atomic E-state index is 13.4. The first kappa shape index (κ1) is 23.3. The third kappa shape index (κ3) is 3.22. The normalized spacial score (nSPS) is 39.0. The van der Waals surface area contributed by atoms with Gasteiger partial charge in [0.05, 0.1) is 14.2 Å². The summed E-state index contributed by atoms with van der Waals surface area (Å²) in [6.45, 7) is 6.22.